The zero-order valence-electron chi connectivity index (χ0n) is 19.8. The normalized spacial score (nSPS) is 10.6. The van der Waals surface area contributed by atoms with Crippen molar-refractivity contribution in [3.05, 3.63) is 109 Å². The van der Waals surface area contributed by atoms with Crippen LogP contribution in [-0.4, -0.2) is 21.6 Å². The predicted molar refractivity (Wildman–Crippen MR) is 146 cm³/mol. The number of rotatable bonds is 8. The van der Waals surface area contributed by atoms with E-state index in [0.717, 1.165) is 27.4 Å². The lowest BCUT2D eigenvalue weighted by atomic mass is 9.98. The van der Waals surface area contributed by atoms with E-state index in [1.807, 2.05) is 97.1 Å². The quantitative estimate of drug-likeness (QED) is 0.180. The van der Waals surface area contributed by atoms with E-state index < -0.39 is 0 Å². The van der Waals surface area contributed by atoms with Crippen molar-refractivity contribution < 1.29 is 9.21 Å². The van der Waals surface area contributed by atoms with E-state index in [1.165, 1.54) is 18.1 Å². The highest BCUT2D eigenvalue weighted by Crippen LogP contribution is 2.41. The Labute approximate surface area is 219 Å². The van der Waals surface area contributed by atoms with Crippen LogP contribution in [0.4, 0.5) is 5.88 Å². The Hall–Kier alpha value is -4.67. The molecule has 0 bridgehead atoms. The average molecular weight is 503 g/mol. The number of furan rings is 1. The second-order valence-corrected chi connectivity index (χ2v) is 9.22. The van der Waals surface area contributed by atoms with Gasteiger partial charge in [0.25, 0.3) is 0 Å². The van der Waals surface area contributed by atoms with Crippen LogP contribution in [0.1, 0.15) is 12.0 Å². The first kappa shape index (κ1) is 24.0. The van der Waals surface area contributed by atoms with Crippen molar-refractivity contribution in [1.82, 2.24) is 9.97 Å². The highest BCUT2D eigenvalue weighted by Gasteiger charge is 2.24. The Kier molecular flexibility index (Phi) is 7.39. The second-order valence-electron chi connectivity index (χ2n) is 8.11. The maximum Gasteiger partial charge on any atom is 0.227 e. The molecule has 2 heterocycles. The zero-order valence-corrected chi connectivity index (χ0v) is 20.6. The minimum absolute atomic E-state index is 0.156. The van der Waals surface area contributed by atoms with Gasteiger partial charge in [-0.2, -0.15) is 5.26 Å². The topological polar surface area (TPSA) is 91.8 Å². The first-order valence-corrected chi connectivity index (χ1v) is 12.7. The van der Waals surface area contributed by atoms with Gasteiger partial charge in [-0.1, -0.05) is 91.0 Å². The van der Waals surface area contributed by atoms with Gasteiger partial charge in [0.2, 0.25) is 11.8 Å². The molecule has 2 aromatic heterocycles. The lowest BCUT2D eigenvalue weighted by Gasteiger charge is -2.05. The summed E-state index contributed by atoms with van der Waals surface area (Å²) in [7, 11) is 0. The predicted octanol–water partition coefficient (Wildman–Crippen LogP) is 7.06. The average Bonchev–Trinajstić information content (AvgIpc) is 3.32. The van der Waals surface area contributed by atoms with Crippen LogP contribution in [0.3, 0.4) is 0 Å². The minimum atomic E-state index is -0.241. The van der Waals surface area contributed by atoms with Crippen LogP contribution in [-0.2, 0) is 4.79 Å². The monoisotopic (exact) mass is 502 g/mol. The third-order valence-electron chi connectivity index (χ3n) is 5.66. The standard InChI is InChI=1S/C30H22N4O2S/c31-19-24-28(22-12-6-2-7-13-22)29(23-14-8-3-9-15-23)36-30(24)34-26(35)16-17-37-27-18-25(32-20-33-27)21-10-4-1-5-11-21/h1-15,18,20H,16-17H2,(H,34,35). The number of nitrogens with zero attached hydrogens (tertiary/aromatic N) is 3. The van der Waals surface area contributed by atoms with Crippen LogP contribution in [0, 0.1) is 11.3 Å². The van der Waals surface area contributed by atoms with E-state index in [4.69, 9.17) is 4.42 Å². The van der Waals surface area contributed by atoms with Crippen molar-refractivity contribution in [2.75, 3.05) is 11.1 Å². The maximum absolute atomic E-state index is 12.8. The summed E-state index contributed by atoms with van der Waals surface area (Å²) in [5.41, 5.74) is 4.47. The van der Waals surface area contributed by atoms with Gasteiger partial charge >= 0.3 is 0 Å². The van der Waals surface area contributed by atoms with Crippen molar-refractivity contribution in [1.29, 1.82) is 5.26 Å². The lowest BCUT2D eigenvalue weighted by molar-refractivity contribution is -0.115. The van der Waals surface area contributed by atoms with E-state index in [-0.39, 0.29) is 18.2 Å². The summed E-state index contributed by atoms with van der Waals surface area (Å²) in [6.07, 6.45) is 1.76. The number of aromatic nitrogens is 2. The molecule has 6 nitrogen and oxygen atoms in total. The molecule has 0 spiro atoms. The van der Waals surface area contributed by atoms with E-state index in [9.17, 15) is 10.1 Å². The number of nitriles is 1. The summed E-state index contributed by atoms with van der Waals surface area (Å²) in [5.74, 6) is 0.969. The van der Waals surface area contributed by atoms with Crippen LogP contribution in [0.15, 0.2) is 113 Å². The van der Waals surface area contributed by atoms with Gasteiger partial charge < -0.3 is 4.42 Å². The number of carbonyl (C=O) groups excluding carboxylic acids is 1. The van der Waals surface area contributed by atoms with Gasteiger partial charge in [-0.25, -0.2) is 9.97 Å². The van der Waals surface area contributed by atoms with Crippen molar-refractivity contribution >= 4 is 23.6 Å². The van der Waals surface area contributed by atoms with E-state index in [0.29, 0.717) is 22.6 Å². The Morgan fingerprint density at radius 3 is 2.14 bits per heavy atom. The maximum atomic E-state index is 12.8. The van der Waals surface area contributed by atoms with Crippen LogP contribution in [0.25, 0.3) is 33.7 Å². The molecule has 5 rings (SSSR count). The molecule has 0 radical (unpaired) electrons. The summed E-state index contributed by atoms with van der Waals surface area (Å²) in [6, 6.07) is 33.2. The first-order valence-electron chi connectivity index (χ1n) is 11.7. The van der Waals surface area contributed by atoms with Gasteiger partial charge in [-0.15, -0.1) is 11.8 Å². The van der Waals surface area contributed by atoms with Crippen LogP contribution >= 0.6 is 11.8 Å². The number of benzene rings is 3. The van der Waals surface area contributed by atoms with Crippen LogP contribution < -0.4 is 5.32 Å². The molecule has 0 fully saturated rings. The fourth-order valence-corrected chi connectivity index (χ4v) is 4.73. The summed E-state index contributed by atoms with van der Waals surface area (Å²) in [4.78, 5) is 21.5. The Balaban J connectivity index is 1.32. The van der Waals surface area contributed by atoms with Crippen molar-refractivity contribution in [2.45, 2.75) is 11.4 Å². The molecule has 1 amide bonds. The number of nitrogens with one attached hydrogen (secondary N) is 1. The van der Waals surface area contributed by atoms with E-state index >= 15 is 0 Å². The van der Waals surface area contributed by atoms with Gasteiger partial charge in [-0.3, -0.25) is 10.1 Å². The number of amides is 1. The zero-order chi connectivity index (χ0) is 25.5. The summed E-state index contributed by atoms with van der Waals surface area (Å²) < 4.78 is 6.10. The number of thioether (sulfide) groups is 1. The van der Waals surface area contributed by atoms with Gasteiger partial charge in [0.05, 0.1) is 10.7 Å². The third-order valence-corrected chi connectivity index (χ3v) is 6.59. The molecule has 3 aromatic carbocycles. The molecule has 1 N–H and O–H groups in total. The van der Waals surface area contributed by atoms with Gasteiger partial charge in [0, 0.05) is 28.9 Å². The summed E-state index contributed by atoms with van der Waals surface area (Å²) in [6.45, 7) is 0. The molecule has 0 saturated heterocycles. The fourth-order valence-electron chi connectivity index (χ4n) is 3.92. The highest BCUT2D eigenvalue weighted by molar-refractivity contribution is 7.99. The fraction of sp³-hybridized carbons (Fsp3) is 0.0667. The molecule has 37 heavy (non-hydrogen) atoms. The molecule has 0 atom stereocenters. The molecule has 7 heteroatoms. The van der Waals surface area contributed by atoms with Crippen molar-refractivity contribution in [3.63, 3.8) is 0 Å². The first-order chi connectivity index (χ1) is 18.2. The molecule has 0 aliphatic carbocycles. The Bertz CT molecular complexity index is 1550. The van der Waals surface area contributed by atoms with Crippen LogP contribution in [0.5, 0.6) is 0 Å². The molecule has 180 valence electrons. The number of carbonyl (C=O) groups is 1. The number of hydrogen-bond acceptors (Lipinski definition) is 6. The molecular formula is C30H22N4O2S. The second kappa shape index (κ2) is 11.4. The minimum Gasteiger partial charge on any atom is -0.438 e. The SMILES string of the molecule is N#Cc1c(NC(=O)CCSc2cc(-c3ccccc3)ncn2)oc(-c2ccccc2)c1-c1ccccc1. The largest absolute Gasteiger partial charge is 0.438 e. The summed E-state index contributed by atoms with van der Waals surface area (Å²) in [5, 5.41) is 13.6. The molecule has 0 aliphatic rings. The van der Waals surface area contributed by atoms with Gasteiger partial charge in [-0.05, 0) is 11.6 Å². The van der Waals surface area contributed by atoms with Crippen molar-refractivity contribution in [3.8, 4) is 39.8 Å². The number of anilines is 1. The molecule has 5 aromatic rings. The van der Waals surface area contributed by atoms with Crippen molar-refractivity contribution in [2.24, 2.45) is 0 Å². The van der Waals surface area contributed by atoms with E-state index in [2.05, 4.69) is 21.4 Å². The lowest BCUT2D eigenvalue weighted by Crippen LogP contribution is -2.12. The molecular weight excluding hydrogens is 480 g/mol. The Morgan fingerprint density at radius 2 is 1.49 bits per heavy atom. The smallest absolute Gasteiger partial charge is 0.227 e. The molecule has 0 unspecified atom stereocenters. The molecule has 0 saturated carbocycles. The third kappa shape index (κ3) is 5.61. The molecule has 0 aliphatic heterocycles. The van der Waals surface area contributed by atoms with Crippen LogP contribution in [0.2, 0.25) is 0 Å². The Morgan fingerprint density at radius 1 is 0.865 bits per heavy atom. The summed E-state index contributed by atoms with van der Waals surface area (Å²) >= 11 is 1.47. The van der Waals surface area contributed by atoms with E-state index in [1.54, 1.807) is 0 Å². The van der Waals surface area contributed by atoms with Gasteiger partial charge in [0.15, 0.2) is 0 Å². The number of hydrogen-bond donors (Lipinski definition) is 1. The highest BCUT2D eigenvalue weighted by atomic mass is 32.2. The van der Waals surface area contributed by atoms with Gasteiger partial charge in [0.1, 0.15) is 23.7 Å².